The molecule has 1 heterocycles. The first-order valence-corrected chi connectivity index (χ1v) is 10.1. The third kappa shape index (κ3) is 4.99. The lowest BCUT2D eigenvalue weighted by molar-refractivity contribution is -0.128. The Bertz CT molecular complexity index is 1030. The van der Waals surface area contributed by atoms with Crippen LogP contribution < -0.4 is 10.1 Å². The molecular formula is C22H19BrN2O3S. The summed E-state index contributed by atoms with van der Waals surface area (Å²) in [5.74, 6) is -0.298. The third-order valence-corrected chi connectivity index (χ3v) is 5.18. The molecule has 0 unspecified atom stereocenters. The predicted molar refractivity (Wildman–Crippen MR) is 120 cm³/mol. The minimum absolute atomic E-state index is 0.0146. The second-order valence-electron chi connectivity index (χ2n) is 6.49. The van der Waals surface area contributed by atoms with Gasteiger partial charge in [-0.25, -0.2) is 0 Å². The zero-order valence-corrected chi connectivity index (χ0v) is 18.2. The maximum atomic E-state index is 12.6. The van der Waals surface area contributed by atoms with Crippen molar-refractivity contribution in [2.75, 3.05) is 6.54 Å². The number of hydrogen-bond donors (Lipinski definition) is 1. The number of carbonyl (C=O) groups is 2. The molecular weight excluding hydrogens is 452 g/mol. The molecule has 1 aliphatic heterocycles. The smallest absolute Gasteiger partial charge is 0.265 e. The van der Waals surface area contributed by atoms with Gasteiger partial charge in [-0.2, -0.15) is 0 Å². The number of thiocarbonyl (C=S) groups is 1. The number of nitrogens with one attached hydrogen (secondary N) is 1. The van der Waals surface area contributed by atoms with Crippen molar-refractivity contribution >= 4 is 51.2 Å². The summed E-state index contributed by atoms with van der Waals surface area (Å²) in [5, 5.41) is 2.61. The summed E-state index contributed by atoms with van der Waals surface area (Å²) in [6.45, 7) is 6.31. The van der Waals surface area contributed by atoms with Crippen LogP contribution in [-0.2, 0) is 16.2 Å². The average Bonchev–Trinajstić information content (AvgIpc) is 2.68. The number of aryl methyl sites for hydroxylation is 1. The summed E-state index contributed by atoms with van der Waals surface area (Å²) in [7, 11) is 0. The number of ether oxygens (including phenoxy) is 1. The van der Waals surface area contributed by atoms with Gasteiger partial charge in [-0.15, -0.1) is 6.58 Å². The topological polar surface area (TPSA) is 58.6 Å². The fourth-order valence-electron chi connectivity index (χ4n) is 2.84. The van der Waals surface area contributed by atoms with Crippen molar-refractivity contribution in [2.24, 2.45) is 0 Å². The molecule has 0 radical (unpaired) electrons. The fourth-order valence-corrected chi connectivity index (χ4v) is 3.60. The molecule has 0 atom stereocenters. The van der Waals surface area contributed by atoms with Crippen LogP contribution in [0.5, 0.6) is 5.75 Å². The second-order valence-corrected chi connectivity index (χ2v) is 7.73. The quantitative estimate of drug-likeness (QED) is 0.298. The molecule has 29 heavy (non-hydrogen) atoms. The molecule has 1 fully saturated rings. The highest BCUT2D eigenvalue weighted by molar-refractivity contribution is 9.10. The normalized spacial score (nSPS) is 15.4. The van der Waals surface area contributed by atoms with E-state index in [9.17, 15) is 9.59 Å². The maximum Gasteiger partial charge on any atom is 0.265 e. The number of benzene rings is 2. The first kappa shape index (κ1) is 21.0. The van der Waals surface area contributed by atoms with Crippen LogP contribution in [0, 0.1) is 6.92 Å². The highest BCUT2D eigenvalue weighted by Gasteiger charge is 2.32. The number of amides is 2. The van der Waals surface area contributed by atoms with E-state index >= 15 is 0 Å². The number of halogens is 1. The Labute approximate surface area is 183 Å². The van der Waals surface area contributed by atoms with E-state index < -0.39 is 11.8 Å². The van der Waals surface area contributed by atoms with Crippen LogP contribution in [0.15, 0.2) is 65.2 Å². The maximum absolute atomic E-state index is 12.6. The molecule has 0 bridgehead atoms. The van der Waals surface area contributed by atoms with Gasteiger partial charge in [0, 0.05) is 6.54 Å². The molecule has 148 valence electrons. The van der Waals surface area contributed by atoms with Crippen LogP contribution in [0.3, 0.4) is 0 Å². The van der Waals surface area contributed by atoms with E-state index in [1.54, 1.807) is 24.3 Å². The number of rotatable bonds is 6. The molecule has 1 saturated heterocycles. The SMILES string of the molecule is C=CCN1C(=O)/C(=C/c2ccc(OCc3cccc(C)c3)c(Br)c2)C(=O)NC1=S. The van der Waals surface area contributed by atoms with E-state index in [1.807, 2.05) is 25.1 Å². The molecule has 2 aromatic rings. The largest absolute Gasteiger partial charge is 0.488 e. The summed E-state index contributed by atoms with van der Waals surface area (Å²) in [6, 6.07) is 13.5. The number of carbonyl (C=O) groups excluding carboxylic acids is 2. The molecule has 5 nitrogen and oxygen atoms in total. The molecule has 2 aromatic carbocycles. The van der Waals surface area contributed by atoms with Crippen molar-refractivity contribution in [3.8, 4) is 5.75 Å². The minimum atomic E-state index is -0.517. The molecule has 0 aromatic heterocycles. The summed E-state index contributed by atoms with van der Waals surface area (Å²) in [6.07, 6.45) is 3.08. The molecule has 0 saturated carbocycles. The summed E-state index contributed by atoms with van der Waals surface area (Å²) < 4.78 is 6.60. The fraction of sp³-hybridized carbons (Fsp3) is 0.136. The number of nitrogens with zero attached hydrogens (tertiary/aromatic N) is 1. The molecule has 1 aliphatic rings. The van der Waals surface area contributed by atoms with Gasteiger partial charge in [-0.3, -0.25) is 19.8 Å². The van der Waals surface area contributed by atoms with Gasteiger partial charge in [0.05, 0.1) is 4.47 Å². The van der Waals surface area contributed by atoms with E-state index in [2.05, 4.69) is 33.9 Å². The second kappa shape index (κ2) is 9.15. The lowest BCUT2D eigenvalue weighted by Crippen LogP contribution is -2.53. The standard InChI is InChI=1S/C22H19BrN2O3S/c1-3-9-25-21(27)17(20(26)24-22(25)29)11-15-7-8-19(18(23)12-15)28-13-16-6-4-5-14(2)10-16/h3-8,10-12H,1,9,13H2,2H3,(H,24,26,29)/b17-11+. The van der Waals surface area contributed by atoms with E-state index in [0.717, 1.165) is 10.0 Å². The minimum Gasteiger partial charge on any atom is -0.488 e. The summed E-state index contributed by atoms with van der Waals surface area (Å²) >= 11 is 8.55. The summed E-state index contributed by atoms with van der Waals surface area (Å²) in [5.41, 5.74) is 2.95. The Kier molecular flexibility index (Phi) is 6.61. The van der Waals surface area contributed by atoms with Crippen LogP contribution in [0.25, 0.3) is 6.08 Å². The molecule has 3 rings (SSSR count). The van der Waals surface area contributed by atoms with Crippen LogP contribution in [0.1, 0.15) is 16.7 Å². The van der Waals surface area contributed by atoms with Crippen molar-refractivity contribution in [3.63, 3.8) is 0 Å². The molecule has 0 spiro atoms. The third-order valence-electron chi connectivity index (χ3n) is 4.24. The molecule has 1 N–H and O–H groups in total. The predicted octanol–water partition coefficient (Wildman–Crippen LogP) is 4.15. The van der Waals surface area contributed by atoms with Gasteiger partial charge in [0.1, 0.15) is 17.9 Å². The highest BCUT2D eigenvalue weighted by atomic mass is 79.9. The van der Waals surface area contributed by atoms with Crippen LogP contribution in [-0.4, -0.2) is 28.4 Å². The average molecular weight is 471 g/mol. The Balaban J connectivity index is 1.78. The van der Waals surface area contributed by atoms with Crippen molar-refractivity contribution in [1.82, 2.24) is 10.2 Å². The van der Waals surface area contributed by atoms with E-state index in [0.29, 0.717) is 17.9 Å². The van der Waals surface area contributed by atoms with Gasteiger partial charge in [0.25, 0.3) is 11.8 Å². The van der Waals surface area contributed by atoms with Crippen molar-refractivity contribution in [2.45, 2.75) is 13.5 Å². The van der Waals surface area contributed by atoms with E-state index in [-0.39, 0.29) is 17.2 Å². The van der Waals surface area contributed by atoms with Crippen LogP contribution >= 0.6 is 28.1 Å². The van der Waals surface area contributed by atoms with Crippen molar-refractivity contribution in [1.29, 1.82) is 0 Å². The Morgan fingerprint density at radius 2 is 2.03 bits per heavy atom. The molecule has 0 aliphatic carbocycles. The van der Waals surface area contributed by atoms with Gasteiger partial charge in [0.2, 0.25) is 0 Å². The Morgan fingerprint density at radius 1 is 1.24 bits per heavy atom. The zero-order valence-electron chi connectivity index (χ0n) is 15.8. The first-order chi connectivity index (χ1) is 13.9. The zero-order chi connectivity index (χ0) is 21.0. The van der Waals surface area contributed by atoms with Gasteiger partial charge in [-0.05, 0) is 64.4 Å². The van der Waals surface area contributed by atoms with Crippen molar-refractivity contribution < 1.29 is 14.3 Å². The van der Waals surface area contributed by atoms with Gasteiger partial charge in [-0.1, -0.05) is 42.0 Å². The lowest BCUT2D eigenvalue weighted by Gasteiger charge is -2.27. The first-order valence-electron chi connectivity index (χ1n) is 8.86. The van der Waals surface area contributed by atoms with Gasteiger partial charge < -0.3 is 4.74 Å². The van der Waals surface area contributed by atoms with E-state index in [4.69, 9.17) is 17.0 Å². The van der Waals surface area contributed by atoms with Gasteiger partial charge in [0.15, 0.2) is 5.11 Å². The van der Waals surface area contributed by atoms with E-state index in [1.165, 1.54) is 16.5 Å². The highest BCUT2D eigenvalue weighted by Crippen LogP contribution is 2.28. The van der Waals surface area contributed by atoms with Crippen LogP contribution in [0.2, 0.25) is 0 Å². The Hall–Kier alpha value is -2.77. The number of hydrogen-bond acceptors (Lipinski definition) is 4. The Morgan fingerprint density at radius 3 is 2.72 bits per heavy atom. The molecule has 2 amide bonds. The van der Waals surface area contributed by atoms with Crippen molar-refractivity contribution in [3.05, 3.63) is 81.9 Å². The lowest BCUT2D eigenvalue weighted by atomic mass is 10.1. The summed E-state index contributed by atoms with van der Waals surface area (Å²) in [4.78, 5) is 26.1. The monoisotopic (exact) mass is 470 g/mol. The van der Waals surface area contributed by atoms with Crippen LogP contribution in [0.4, 0.5) is 0 Å². The van der Waals surface area contributed by atoms with Gasteiger partial charge >= 0.3 is 0 Å². The molecule has 7 heteroatoms.